The van der Waals surface area contributed by atoms with Crippen LogP contribution >= 0.6 is 22.6 Å². The van der Waals surface area contributed by atoms with Gasteiger partial charge in [0, 0.05) is 5.56 Å². The van der Waals surface area contributed by atoms with Gasteiger partial charge >= 0.3 is 5.97 Å². The third-order valence-corrected chi connectivity index (χ3v) is 2.98. The van der Waals surface area contributed by atoms with Crippen molar-refractivity contribution < 1.29 is 24.2 Å². The van der Waals surface area contributed by atoms with E-state index < -0.39 is 5.97 Å². The molecule has 1 rings (SSSR count). The predicted molar refractivity (Wildman–Crippen MR) is 81.8 cm³/mol. The molecule has 110 valence electrons. The smallest absolute Gasteiger partial charge is 0.344 e. The molecule has 1 N–H and O–H groups in total. The zero-order valence-electron chi connectivity index (χ0n) is 11.3. The van der Waals surface area contributed by atoms with Gasteiger partial charge in [0.05, 0.1) is 23.0 Å². The lowest BCUT2D eigenvalue weighted by atomic mass is 10.2. The number of halogens is 1. The molecule has 0 unspecified atom stereocenters. The van der Waals surface area contributed by atoms with Crippen LogP contribution in [0.1, 0.15) is 19.4 Å². The summed E-state index contributed by atoms with van der Waals surface area (Å²) in [7, 11) is 0. The van der Waals surface area contributed by atoms with Crippen molar-refractivity contribution in [2.75, 3.05) is 19.8 Å². The molecule has 0 spiro atoms. The molecule has 0 heterocycles. The molecule has 0 aliphatic heterocycles. The van der Waals surface area contributed by atoms with Crippen LogP contribution in [0.15, 0.2) is 17.3 Å². The number of benzene rings is 1. The Morgan fingerprint density at radius 1 is 1.35 bits per heavy atom. The molecule has 6 nitrogen and oxygen atoms in total. The van der Waals surface area contributed by atoms with Gasteiger partial charge < -0.3 is 19.4 Å². The van der Waals surface area contributed by atoms with Crippen molar-refractivity contribution in [1.29, 1.82) is 0 Å². The third kappa shape index (κ3) is 4.87. The number of nitrogens with zero attached hydrogens (tertiary/aromatic N) is 1. The Labute approximate surface area is 130 Å². The van der Waals surface area contributed by atoms with Gasteiger partial charge in [0.1, 0.15) is 0 Å². The predicted octanol–water partition coefficient (Wildman–Crippen LogP) is 2.44. The number of ether oxygens (including phenoxy) is 3. The van der Waals surface area contributed by atoms with Crippen molar-refractivity contribution in [2.24, 2.45) is 5.16 Å². The normalized spacial score (nSPS) is 10.6. The number of carbonyl (C=O) groups is 1. The van der Waals surface area contributed by atoms with Gasteiger partial charge in [-0.2, -0.15) is 0 Å². The first-order chi connectivity index (χ1) is 9.62. The average molecular weight is 393 g/mol. The van der Waals surface area contributed by atoms with E-state index in [4.69, 9.17) is 19.4 Å². The zero-order chi connectivity index (χ0) is 15.0. The van der Waals surface area contributed by atoms with E-state index in [2.05, 4.69) is 27.7 Å². The van der Waals surface area contributed by atoms with E-state index in [-0.39, 0.29) is 6.61 Å². The Hall–Kier alpha value is -1.51. The van der Waals surface area contributed by atoms with E-state index >= 15 is 0 Å². The van der Waals surface area contributed by atoms with Crippen LogP contribution in [0.25, 0.3) is 0 Å². The second-order valence-corrected chi connectivity index (χ2v) is 4.76. The van der Waals surface area contributed by atoms with Gasteiger partial charge in [0.25, 0.3) is 0 Å². The SMILES string of the molecule is CCOC(=O)COc1c(I)cc(/C=N/O)cc1OCC. The minimum absolute atomic E-state index is 0.183. The molecule has 0 aromatic heterocycles. The first-order valence-corrected chi connectivity index (χ1v) is 7.12. The number of hydrogen-bond acceptors (Lipinski definition) is 6. The monoisotopic (exact) mass is 393 g/mol. The molecular weight excluding hydrogens is 377 g/mol. The van der Waals surface area contributed by atoms with Gasteiger partial charge in [-0.1, -0.05) is 5.16 Å². The third-order valence-electron chi connectivity index (χ3n) is 2.18. The van der Waals surface area contributed by atoms with E-state index in [0.29, 0.717) is 30.3 Å². The van der Waals surface area contributed by atoms with Crippen LogP contribution in [-0.2, 0) is 9.53 Å². The van der Waals surface area contributed by atoms with Crippen molar-refractivity contribution in [1.82, 2.24) is 0 Å². The Morgan fingerprint density at radius 3 is 2.70 bits per heavy atom. The van der Waals surface area contributed by atoms with Gasteiger partial charge in [0.2, 0.25) is 0 Å². The summed E-state index contributed by atoms with van der Waals surface area (Å²) in [6.07, 6.45) is 1.29. The van der Waals surface area contributed by atoms with Crippen molar-refractivity contribution in [2.45, 2.75) is 13.8 Å². The van der Waals surface area contributed by atoms with Gasteiger partial charge in [-0.25, -0.2) is 4.79 Å². The minimum atomic E-state index is -0.438. The molecular formula is C13H16INO5. The van der Waals surface area contributed by atoms with Crippen LogP contribution < -0.4 is 9.47 Å². The molecule has 0 bridgehead atoms. The summed E-state index contributed by atoms with van der Waals surface area (Å²) in [5.41, 5.74) is 0.670. The summed E-state index contributed by atoms with van der Waals surface area (Å²) < 4.78 is 16.5. The molecule has 1 aromatic carbocycles. The lowest BCUT2D eigenvalue weighted by molar-refractivity contribution is -0.145. The maximum absolute atomic E-state index is 11.3. The summed E-state index contributed by atoms with van der Waals surface area (Å²) in [5, 5.41) is 11.5. The van der Waals surface area contributed by atoms with Crippen LogP contribution in [0.4, 0.5) is 0 Å². The molecule has 0 fully saturated rings. The molecule has 0 atom stereocenters. The van der Waals surface area contributed by atoms with Crippen molar-refractivity contribution >= 4 is 34.8 Å². The fourth-order valence-corrected chi connectivity index (χ4v) is 2.25. The highest BCUT2D eigenvalue weighted by atomic mass is 127. The maximum atomic E-state index is 11.3. The summed E-state index contributed by atoms with van der Waals surface area (Å²) >= 11 is 2.06. The fourth-order valence-electron chi connectivity index (χ4n) is 1.47. The number of oxime groups is 1. The van der Waals surface area contributed by atoms with Crippen molar-refractivity contribution in [3.05, 3.63) is 21.3 Å². The number of carbonyl (C=O) groups excluding carboxylic acids is 1. The van der Waals surface area contributed by atoms with Crippen LogP contribution in [-0.4, -0.2) is 37.2 Å². The van der Waals surface area contributed by atoms with Gasteiger partial charge in [0.15, 0.2) is 18.1 Å². The Balaban J connectivity index is 2.95. The van der Waals surface area contributed by atoms with Gasteiger partial charge in [-0.3, -0.25) is 0 Å². The van der Waals surface area contributed by atoms with Crippen LogP contribution in [0, 0.1) is 3.57 Å². The summed E-state index contributed by atoms with van der Waals surface area (Å²) in [4.78, 5) is 11.3. The second-order valence-electron chi connectivity index (χ2n) is 3.60. The first kappa shape index (κ1) is 16.5. The van der Waals surface area contributed by atoms with Crippen LogP contribution in [0.3, 0.4) is 0 Å². The fraction of sp³-hybridized carbons (Fsp3) is 0.385. The molecule has 0 saturated carbocycles. The number of esters is 1. The summed E-state index contributed by atoms with van der Waals surface area (Å²) in [6.45, 7) is 4.15. The number of rotatable bonds is 7. The topological polar surface area (TPSA) is 77.4 Å². The highest BCUT2D eigenvalue weighted by Crippen LogP contribution is 2.33. The van der Waals surface area contributed by atoms with E-state index in [1.165, 1.54) is 6.21 Å². The van der Waals surface area contributed by atoms with E-state index in [1.54, 1.807) is 19.1 Å². The molecule has 0 aliphatic carbocycles. The number of hydrogen-bond donors (Lipinski definition) is 1. The standard InChI is InChI=1S/C13H16INO5/c1-3-18-11-6-9(7-15-17)5-10(14)13(11)20-8-12(16)19-4-2/h5-7,17H,3-4,8H2,1-2H3/b15-7+. The largest absolute Gasteiger partial charge is 0.490 e. The first-order valence-electron chi connectivity index (χ1n) is 6.04. The molecule has 0 saturated heterocycles. The quantitative estimate of drug-likeness (QED) is 0.253. The van der Waals surface area contributed by atoms with E-state index in [0.717, 1.165) is 3.57 Å². The minimum Gasteiger partial charge on any atom is -0.490 e. The molecule has 1 aromatic rings. The molecule has 7 heteroatoms. The lowest BCUT2D eigenvalue weighted by Crippen LogP contribution is -2.15. The highest BCUT2D eigenvalue weighted by molar-refractivity contribution is 14.1. The van der Waals surface area contributed by atoms with Crippen LogP contribution in [0.5, 0.6) is 11.5 Å². The maximum Gasteiger partial charge on any atom is 0.344 e. The van der Waals surface area contributed by atoms with E-state index in [9.17, 15) is 4.79 Å². The Kier molecular flexibility index (Phi) is 7.13. The van der Waals surface area contributed by atoms with Crippen LogP contribution in [0.2, 0.25) is 0 Å². The molecule has 0 radical (unpaired) electrons. The Morgan fingerprint density at radius 2 is 2.10 bits per heavy atom. The van der Waals surface area contributed by atoms with Crippen molar-refractivity contribution in [3.8, 4) is 11.5 Å². The summed E-state index contributed by atoms with van der Waals surface area (Å²) in [6, 6.07) is 3.43. The lowest BCUT2D eigenvalue weighted by Gasteiger charge is -2.14. The van der Waals surface area contributed by atoms with Gasteiger partial charge in [-0.15, -0.1) is 0 Å². The van der Waals surface area contributed by atoms with Gasteiger partial charge in [-0.05, 0) is 48.6 Å². The average Bonchev–Trinajstić information content (AvgIpc) is 2.39. The van der Waals surface area contributed by atoms with Crippen molar-refractivity contribution in [3.63, 3.8) is 0 Å². The molecule has 20 heavy (non-hydrogen) atoms. The van der Waals surface area contributed by atoms with E-state index in [1.807, 2.05) is 6.92 Å². The zero-order valence-corrected chi connectivity index (χ0v) is 13.4. The Bertz CT molecular complexity index is 490. The highest BCUT2D eigenvalue weighted by Gasteiger charge is 2.14. The molecule has 0 aliphatic rings. The molecule has 0 amide bonds. The summed E-state index contributed by atoms with van der Waals surface area (Å²) in [5.74, 6) is 0.515. The second kappa shape index (κ2) is 8.62.